The highest BCUT2D eigenvalue weighted by Crippen LogP contribution is 2.34. The second-order valence-electron chi connectivity index (χ2n) is 7.12. The fraction of sp³-hybridized carbons (Fsp3) is 0.286. The normalized spacial score (nSPS) is 15.2. The van der Waals surface area contributed by atoms with Gasteiger partial charge in [-0.2, -0.15) is 0 Å². The number of carbonyl (C=O) groups is 3. The number of hydrogen-bond donors (Lipinski definition) is 3. The summed E-state index contributed by atoms with van der Waals surface area (Å²) in [6.45, 7) is 1.40. The van der Waals surface area contributed by atoms with Gasteiger partial charge >= 0.3 is 0 Å². The molecule has 0 radical (unpaired) electrons. The molecule has 2 aromatic rings. The number of rotatable bonds is 6. The van der Waals surface area contributed by atoms with E-state index in [1.807, 2.05) is 4.90 Å². The van der Waals surface area contributed by atoms with E-state index < -0.39 is 0 Å². The van der Waals surface area contributed by atoms with E-state index in [1.54, 1.807) is 49.5 Å². The van der Waals surface area contributed by atoms with Gasteiger partial charge in [-0.15, -0.1) is 0 Å². The van der Waals surface area contributed by atoms with Gasteiger partial charge in [-0.05, 0) is 24.3 Å². The number of nitrogens with one attached hydrogen (secondary N) is 3. The molecule has 9 nitrogen and oxygen atoms in total. The van der Waals surface area contributed by atoms with Crippen LogP contribution in [0.15, 0.2) is 42.5 Å². The molecule has 0 aromatic heterocycles. The highest BCUT2D eigenvalue weighted by atomic mass is 16.7. The largest absolute Gasteiger partial charge is 0.454 e. The summed E-state index contributed by atoms with van der Waals surface area (Å²) >= 11 is 0. The smallest absolute Gasteiger partial charge is 0.257 e. The monoisotopic (exact) mass is 410 g/mol. The molecule has 0 saturated carbocycles. The van der Waals surface area contributed by atoms with Crippen molar-refractivity contribution < 1.29 is 23.9 Å². The van der Waals surface area contributed by atoms with Crippen LogP contribution >= 0.6 is 0 Å². The Hall–Kier alpha value is -3.59. The molecule has 2 aliphatic heterocycles. The van der Waals surface area contributed by atoms with Gasteiger partial charge in [0.1, 0.15) is 0 Å². The molecule has 3 N–H and O–H groups in total. The zero-order valence-corrected chi connectivity index (χ0v) is 16.4. The first kappa shape index (κ1) is 19.7. The second kappa shape index (κ2) is 8.42. The van der Waals surface area contributed by atoms with Crippen molar-refractivity contribution in [1.82, 2.24) is 10.2 Å². The molecular formula is C21H22N4O5. The lowest BCUT2D eigenvalue weighted by atomic mass is 9.99. The van der Waals surface area contributed by atoms with Crippen molar-refractivity contribution in [3.8, 4) is 11.5 Å². The van der Waals surface area contributed by atoms with Gasteiger partial charge in [-0.25, -0.2) is 0 Å². The number of fused-ring (bicyclic) bond motifs is 1. The van der Waals surface area contributed by atoms with Gasteiger partial charge in [-0.1, -0.05) is 12.1 Å². The summed E-state index contributed by atoms with van der Waals surface area (Å²) in [7, 11) is 1.60. The van der Waals surface area contributed by atoms with Gasteiger partial charge in [0.05, 0.1) is 23.7 Å². The number of carbonyl (C=O) groups excluding carboxylic acids is 3. The molecule has 4 rings (SSSR count). The number of amides is 3. The molecule has 0 aliphatic carbocycles. The molecule has 1 saturated heterocycles. The Bertz CT molecular complexity index is 987. The lowest BCUT2D eigenvalue weighted by Crippen LogP contribution is -2.54. The Morgan fingerprint density at radius 3 is 2.60 bits per heavy atom. The topological polar surface area (TPSA) is 109 Å². The Balaban J connectivity index is 1.37. The maximum Gasteiger partial charge on any atom is 0.257 e. The quantitative estimate of drug-likeness (QED) is 0.662. The number of likely N-dealkylation sites (tertiary alicyclic amines) is 1. The lowest BCUT2D eigenvalue weighted by Gasteiger charge is -2.37. The predicted octanol–water partition coefficient (Wildman–Crippen LogP) is 1.28. The molecule has 2 aromatic carbocycles. The van der Waals surface area contributed by atoms with Crippen LogP contribution in [0.3, 0.4) is 0 Å². The van der Waals surface area contributed by atoms with Crippen LogP contribution < -0.4 is 25.4 Å². The Morgan fingerprint density at radius 2 is 1.80 bits per heavy atom. The Morgan fingerprint density at radius 1 is 1.03 bits per heavy atom. The third kappa shape index (κ3) is 4.20. The molecule has 0 unspecified atom stereocenters. The molecule has 9 heteroatoms. The second-order valence-corrected chi connectivity index (χ2v) is 7.12. The number of nitrogens with zero attached hydrogens (tertiary/aromatic N) is 1. The fourth-order valence-electron chi connectivity index (χ4n) is 3.42. The van der Waals surface area contributed by atoms with Crippen molar-refractivity contribution >= 4 is 29.1 Å². The highest BCUT2D eigenvalue weighted by Gasteiger charge is 2.33. The van der Waals surface area contributed by atoms with Gasteiger partial charge in [0.25, 0.3) is 5.91 Å². The van der Waals surface area contributed by atoms with Crippen molar-refractivity contribution in [2.75, 3.05) is 44.1 Å². The zero-order valence-electron chi connectivity index (χ0n) is 16.4. The van der Waals surface area contributed by atoms with Gasteiger partial charge in [0, 0.05) is 31.9 Å². The van der Waals surface area contributed by atoms with Crippen LogP contribution in [0.5, 0.6) is 11.5 Å². The van der Waals surface area contributed by atoms with Crippen LogP contribution in [0.1, 0.15) is 10.4 Å². The fourth-order valence-corrected chi connectivity index (χ4v) is 3.42. The Labute approximate surface area is 173 Å². The van der Waals surface area contributed by atoms with Crippen molar-refractivity contribution in [1.29, 1.82) is 0 Å². The number of benzene rings is 2. The van der Waals surface area contributed by atoms with Gasteiger partial charge in [0.15, 0.2) is 11.5 Å². The van der Waals surface area contributed by atoms with E-state index in [4.69, 9.17) is 9.47 Å². The van der Waals surface area contributed by atoms with Crippen LogP contribution in [-0.4, -0.2) is 56.1 Å². The minimum absolute atomic E-state index is 0.0165. The van der Waals surface area contributed by atoms with Gasteiger partial charge < -0.3 is 25.4 Å². The molecule has 3 amide bonds. The maximum absolute atomic E-state index is 12.8. The molecule has 0 spiro atoms. The van der Waals surface area contributed by atoms with E-state index in [2.05, 4.69) is 16.0 Å². The SMILES string of the molecule is CNC(=O)C1CN(CC(=O)Nc2ccccc2C(=O)Nc2ccc3c(c2)OCO3)C1. The minimum atomic E-state index is -0.353. The third-order valence-electron chi connectivity index (χ3n) is 5.02. The summed E-state index contributed by atoms with van der Waals surface area (Å²) in [6.07, 6.45) is 0. The minimum Gasteiger partial charge on any atom is -0.454 e. The molecule has 156 valence electrons. The third-order valence-corrected chi connectivity index (χ3v) is 5.02. The summed E-state index contributed by atoms with van der Waals surface area (Å²) < 4.78 is 10.6. The average molecular weight is 410 g/mol. The number of ether oxygens (including phenoxy) is 2. The molecular weight excluding hydrogens is 388 g/mol. The molecule has 0 atom stereocenters. The van der Waals surface area contributed by atoms with Crippen molar-refractivity contribution in [3.63, 3.8) is 0 Å². The molecule has 0 bridgehead atoms. The van der Waals surface area contributed by atoms with Gasteiger partial charge in [-0.3, -0.25) is 19.3 Å². The molecule has 2 heterocycles. The lowest BCUT2D eigenvalue weighted by molar-refractivity contribution is -0.132. The number of hydrogen-bond acceptors (Lipinski definition) is 6. The first-order chi connectivity index (χ1) is 14.5. The van der Waals surface area contributed by atoms with Crippen LogP contribution in [0.25, 0.3) is 0 Å². The van der Waals surface area contributed by atoms with E-state index in [0.717, 1.165) is 0 Å². The van der Waals surface area contributed by atoms with E-state index in [1.165, 1.54) is 0 Å². The van der Waals surface area contributed by atoms with E-state index in [9.17, 15) is 14.4 Å². The summed E-state index contributed by atoms with van der Waals surface area (Å²) in [4.78, 5) is 38.6. The molecule has 2 aliphatic rings. The van der Waals surface area contributed by atoms with Crippen LogP contribution in [0.4, 0.5) is 11.4 Å². The number of anilines is 2. The van der Waals surface area contributed by atoms with E-state index in [0.29, 0.717) is 41.5 Å². The van der Waals surface area contributed by atoms with Crippen LogP contribution in [0.2, 0.25) is 0 Å². The highest BCUT2D eigenvalue weighted by molar-refractivity contribution is 6.10. The summed E-state index contributed by atoms with van der Waals surface area (Å²) in [5.41, 5.74) is 1.32. The van der Waals surface area contributed by atoms with Crippen molar-refractivity contribution in [3.05, 3.63) is 48.0 Å². The van der Waals surface area contributed by atoms with E-state index in [-0.39, 0.29) is 37.0 Å². The van der Waals surface area contributed by atoms with Crippen molar-refractivity contribution in [2.24, 2.45) is 5.92 Å². The summed E-state index contributed by atoms with van der Waals surface area (Å²) in [5, 5.41) is 8.21. The standard InChI is InChI=1S/C21H22N4O5/c1-22-20(27)13-9-25(10-13)11-19(26)24-16-5-3-2-4-15(16)21(28)23-14-6-7-17-18(8-14)30-12-29-17/h2-8,13H,9-12H2,1H3,(H,22,27)(H,23,28)(H,24,26). The Kier molecular flexibility index (Phi) is 5.53. The van der Waals surface area contributed by atoms with E-state index >= 15 is 0 Å². The maximum atomic E-state index is 12.8. The molecule has 1 fully saturated rings. The van der Waals surface area contributed by atoms with Crippen LogP contribution in [0, 0.1) is 5.92 Å². The predicted molar refractivity (Wildman–Crippen MR) is 110 cm³/mol. The first-order valence-electron chi connectivity index (χ1n) is 9.57. The molecule has 30 heavy (non-hydrogen) atoms. The van der Waals surface area contributed by atoms with Gasteiger partial charge in [0.2, 0.25) is 18.6 Å². The van der Waals surface area contributed by atoms with Crippen molar-refractivity contribution in [2.45, 2.75) is 0 Å². The average Bonchev–Trinajstić information content (AvgIpc) is 3.18. The zero-order chi connectivity index (χ0) is 21.1. The summed E-state index contributed by atoms with van der Waals surface area (Å²) in [5.74, 6) is 0.506. The summed E-state index contributed by atoms with van der Waals surface area (Å²) in [6, 6.07) is 11.9. The first-order valence-corrected chi connectivity index (χ1v) is 9.57. The number of para-hydroxylation sites is 1. The van der Waals surface area contributed by atoms with Crippen LogP contribution in [-0.2, 0) is 9.59 Å².